The van der Waals surface area contributed by atoms with E-state index in [1.165, 1.54) is 0 Å². The van der Waals surface area contributed by atoms with E-state index in [9.17, 15) is 9.46 Å². The van der Waals surface area contributed by atoms with E-state index in [-0.39, 0.29) is 0 Å². The van der Waals surface area contributed by atoms with E-state index >= 15 is 0 Å². The summed E-state index contributed by atoms with van der Waals surface area (Å²) in [5.41, 5.74) is 0. The third kappa shape index (κ3) is 6.84. The zero-order valence-electron chi connectivity index (χ0n) is 8.05. The van der Waals surface area contributed by atoms with Gasteiger partial charge in [-0.05, 0) is 32.9 Å². The highest BCUT2D eigenvalue weighted by molar-refractivity contribution is 7.57. The molecule has 0 aromatic carbocycles. The Labute approximate surface area is 75.0 Å². The molecule has 1 unspecified atom stereocenters. The van der Waals surface area contributed by atoms with Crippen LogP contribution in [0.15, 0.2) is 0 Å². The van der Waals surface area contributed by atoms with E-state index in [4.69, 9.17) is 0 Å². The summed E-state index contributed by atoms with van der Waals surface area (Å²) >= 11 is 0. The maximum atomic E-state index is 11.3. The van der Waals surface area contributed by atoms with Crippen LogP contribution in [0.25, 0.3) is 0 Å². The van der Waals surface area contributed by atoms with Crippen molar-refractivity contribution in [3.8, 4) is 0 Å². The van der Waals surface area contributed by atoms with Crippen molar-refractivity contribution >= 4 is 7.37 Å². The molecule has 3 nitrogen and oxygen atoms in total. The molecular weight excluding hydrogens is 173 g/mol. The average Bonchev–Trinajstić information content (AvgIpc) is 1.98. The van der Waals surface area contributed by atoms with E-state index in [0.717, 1.165) is 25.8 Å². The van der Waals surface area contributed by atoms with Crippen molar-refractivity contribution < 1.29 is 9.46 Å². The van der Waals surface area contributed by atoms with E-state index in [1.807, 2.05) is 14.0 Å². The van der Waals surface area contributed by atoms with Crippen LogP contribution in [0, 0.1) is 0 Å². The van der Waals surface area contributed by atoms with Gasteiger partial charge in [-0.1, -0.05) is 6.92 Å². The lowest BCUT2D eigenvalue weighted by Crippen LogP contribution is -2.08. The van der Waals surface area contributed by atoms with Crippen molar-refractivity contribution in [1.82, 2.24) is 5.32 Å². The van der Waals surface area contributed by atoms with Crippen LogP contribution < -0.4 is 5.32 Å². The van der Waals surface area contributed by atoms with Gasteiger partial charge < -0.3 is 10.2 Å². The van der Waals surface area contributed by atoms with Crippen LogP contribution in [0.4, 0.5) is 0 Å². The highest BCUT2D eigenvalue weighted by Gasteiger charge is 2.14. The molecule has 0 aliphatic rings. The number of rotatable bonds is 7. The van der Waals surface area contributed by atoms with Gasteiger partial charge in [-0.25, -0.2) is 0 Å². The standard InChI is InChI=1S/C8H20NO2P/c1-3-7-12(10,11)8-5-4-6-9-2/h9H,3-8H2,1-2H3,(H,10,11). The highest BCUT2D eigenvalue weighted by atomic mass is 31.2. The van der Waals surface area contributed by atoms with Gasteiger partial charge in [-0.15, -0.1) is 0 Å². The second kappa shape index (κ2) is 6.64. The first kappa shape index (κ1) is 12.2. The van der Waals surface area contributed by atoms with Gasteiger partial charge in [0.05, 0.1) is 0 Å². The fraction of sp³-hybridized carbons (Fsp3) is 1.00. The van der Waals surface area contributed by atoms with Crippen LogP contribution in [-0.2, 0) is 4.57 Å². The second-order valence-corrected chi connectivity index (χ2v) is 5.69. The molecule has 0 radical (unpaired) electrons. The van der Waals surface area contributed by atoms with Gasteiger partial charge in [0.15, 0.2) is 0 Å². The van der Waals surface area contributed by atoms with E-state index < -0.39 is 7.37 Å². The molecule has 12 heavy (non-hydrogen) atoms. The summed E-state index contributed by atoms with van der Waals surface area (Å²) in [6.45, 7) is 2.88. The summed E-state index contributed by atoms with van der Waals surface area (Å²) in [6.07, 6.45) is 3.62. The molecule has 0 aromatic heterocycles. The summed E-state index contributed by atoms with van der Waals surface area (Å²) in [6, 6.07) is 0. The second-order valence-electron chi connectivity index (χ2n) is 3.10. The van der Waals surface area contributed by atoms with Crippen LogP contribution in [-0.4, -0.2) is 30.8 Å². The zero-order valence-corrected chi connectivity index (χ0v) is 8.94. The van der Waals surface area contributed by atoms with Crippen molar-refractivity contribution in [3.05, 3.63) is 0 Å². The minimum absolute atomic E-state index is 0.479. The molecule has 0 bridgehead atoms. The van der Waals surface area contributed by atoms with Crippen LogP contribution in [0.2, 0.25) is 0 Å². The number of unbranched alkanes of at least 4 members (excludes halogenated alkanes) is 1. The molecule has 74 valence electrons. The van der Waals surface area contributed by atoms with Crippen molar-refractivity contribution in [3.63, 3.8) is 0 Å². The summed E-state index contributed by atoms with van der Waals surface area (Å²) in [4.78, 5) is 9.35. The molecule has 0 amide bonds. The molecule has 1 atom stereocenters. The molecule has 2 N–H and O–H groups in total. The molecule has 0 aliphatic heterocycles. The first-order chi connectivity index (χ1) is 5.62. The molecule has 0 aliphatic carbocycles. The fourth-order valence-electron chi connectivity index (χ4n) is 1.12. The first-order valence-electron chi connectivity index (χ1n) is 4.58. The Morgan fingerprint density at radius 1 is 1.33 bits per heavy atom. The third-order valence-electron chi connectivity index (χ3n) is 1.76. The monoisotopic (exact) mass is 193 g/mol. The van der Waals surface area contributed by atoms with Gasteiger partial charge in [0.1, 0.15) is 0 Å². The number of nitrogens with one attached hydrogen (secondary N) is 1. The zero-order chi connectivity index (χ0) is 9.45. The van der Waals surface area contributed by atoms with Crippen molar-refractivity contribution in [2.24, 2.45) is 0 Å². The predicted octanol–water partition coefficient (Wildman–Crippen LogP) is 1.67. The highest BCUT2D eigenvalue weighted by Crippen LogP contribution is 2.41. The largest absolute Gasteiger partial charge is 0.344 e. The lowest BCUT2D eigenvalue weighted by Gasteiger charge is -2.09. The third-order valence-corrected chi connectivity index (χ3v) is 3.92. The minimum atomic E-state index is -2.76. The molecular formula is C8H20NO2P. The van der Waals surface area contributed by atoms with Gasteiger partial charge in [-0.2, -0.15) is 0 Å². The normalized spacial score (nSPS) is 15.9. The molecule has 0 spiro atoms. The van der Waals surface area contributed by atoms with Gasteiger partial charge in [0.2, 0.25) is 7.37 Å². The van der Waals surface area contributed by atoms with Gasteiger partial charge in [0, 0.05) is 12.3 Å². The van der Waals surface area contributed by atoms with Crippen LogP contribution in [0.5, 0.6) is 0 Å². The lowest BCUT2D eigenvalue weighted by atomic mass is 10.3. The van der Waals surface area contributed by atoms with Crippen LogP contribution >= 0.6 is 7.37 Å². The Morgan fingerprint density at radius 2 is 2.00 bits per heavy atom. The smallest absolute Gasteiger partial charge is 0.200 e. The first-order valence-corrected chi connectivity index (χ1v) is 6.61. The Bertz CT molecular complexity index is 150. The predicted molar refractivity (Wildman–Crippen MR) is 53.0 cm³/mol. The van der Waals surface area contributed by atoms with Crippen molar-refractivity contribution in [2.45, 2.75) is 26.2 Å². The van der Waals surface area contributed by atoms with Crippen molar-refractivity contribution in [2.75, 3.05) is 25.9 Å². The Hall–Kier alpha value is 0.150. The molecule has 0 fully saturated rings. The van der Waals surface area contributed by atoms with Crippen LogP contribution in [0.3, 0.4) is 0 Å². The topological polar surface area (TPSA) is 49.3 Å². The summed E-state index contributed by atoms with van der Waals surface area (Å²) in [7, 11) is -0.867. The molecule has 0 saturated heterocycles. The SMILES string of the molecule is CCCP(=O)(O)CCCCNC. The van der Waals surface area contributed by atoms with E-state index in [0.29, 0.717) is 12.3 Å². The van der Waals surface area contributed by atoms with E-state index in [1.54, 1.807) is 0 Å². The Kier molecular flexibility index (Phi) is 6.73. The molecule has 0 aromatic rings. The quantitative estimate of drug-likeness (QED) is 0.477. The summed E-state index contributed by atoms with van der Waals surface area (Å²) in [5.74, 6) is 0. The number of hydrogen-bond acceptors (Lipinski definition) is 2. The van der Waals surface area contributed by atoms with Crippen LogP contribution in [0.1, 0.15) is 26.2 Å². The summed E-state index contributed by atoms with van der Waals surface area (Å²) < 4.78 is 11.3. The number of hydrogen-bond donors (Lipinski definition) is 2. The summed E-state index contributed by atoms with van der Waals surface area (Å²) in [5, 5.41) is 3.01. The lowest BCUT2D eigenvalue weighted by molar-refractivity contribution is 0.473. The molecule has 4 heteroatoms. The van der Waals surface area contributed by atoms with Gasteiger partial charge in [0.25, 0.3) is 0 Å². The minimum Gasteiger partial charge on any atom is -0.344 e. The maximum Gasteiger partial charge on any atom is 0.200 e. The molecule has 0 saturated carbocycles. The van der Waals surface area contributed by atoms with E-state index in [2.05, 4.69) is 5.32 Å². The van der Waals surface area contributed by atoms with Gasteiger partial charge in [-0.3, -0.25) is 4.57 Å². The Balaban J connectivity index is 3.41. The van der Waals surface area contributed by atoms with Crippen molar-refractivity contribution in [1.29, 1.82) is 0 Å². The molecule has 0 heterocycles. The molecule has 0 rings (SSSR count). The van der Waals surface area contributed by atoms with Gasteiger partial charge >= 0.3 is 0 Å². The Morgan fingerprint density at radius 3 is 2.50 bits per heavy atom. The maximum absolute atomic E-state index is 11.3. The average molecular weight is 193 g/mol. The fourth-order valence-corrected chi connectivity index (χ4v) is 2.76.